The number of halogens is 2. The summed E-state index contributed by atoms with van der Waals surface area (Å²) in [4.78, 5) is 0. The van der Waals surface area contributed by atoms with Crippen LogP contribution < -0.4 is 5.73 Å². The number of hydrogen-bond acceptors (Lipinski definition) is 4. The molecular weight excluding hydrogens is 287 g/mol. The Kier molecular flexibility index (Phi) is 2.93. The van der Waals surface area contributed by atoms with Gasteiger partial charge in [0.25, 0.3) is 0 Å². The van der Waals surface area contributed by atoms with E-state index in [9.17, 15) is 0 Å². The van der Waals surface area contributed by atoms with Crippen LogP contribution in [0.15, 0.2) is 35.1 Å². The molecule has 1 aromatic carbocycles. The molecule has 0 radical (unpaired) electrons. The number of hydrogen-bond donors (Lipinski definition) is 2. The predicted molar refractivity (Wildman–Crippen MR) is 74.0 cm³/mol. The lowest BCUT2D eigenvalue weighted by Crippen LogP contribution is -1.90. The number of rotatable bonds is 2. The molecule has 3 aromatic rings. The van der Waals surface area contributed by atoms with Gasteiger partial charge in [-0.3, -0.25) is 5.10 Å². The fraction of sp³-hybridized carbons (Fsp3) is 0. The second-order valence-corrected chi connectivity index (χ2v) is 4.67. The molecule has 0 saturated carbocycles. The summed E-state index contributed by atoms with van der Waals surface area (Å²) >= 11 is 12.4. The molecule has 0 aliphatic heterocycles. The summed E-state index contributed by atoms with van der Waals surface area (Å²) in [5.41, 5.74) is 7.75. The molecule has 7 heteroatoms. The van der Waals surface area contributed by atoms with Gasteiger partial charge in [-0.1, -0.05) is 34.4 Å². The van der Waals surface area contributed by atoms with Gasteiger partial charge in [-0.05, 0) is 12.1 Å². The maximum atomic E-state index is 6.19. The third kappa shape index (κ3) is 1.97. The molecule has 0 aliphatic carbocycles. The third-order valence-corrected chi connectivity index (χ3v) is 3.32. The van der Waals surface area contributed by atoms with Crippen LogP contribution in [0.3, 0.4) is 0 Å². The van der Waals surface area contributed by atoms with Crippen molar-refractivity contribution in [3.8, 4) is 22.5 Å². The number of benzene rings is 1. The van der Waals surface area contributed by atoms with Gasteiger partial charge in [0.2, 0.25) is 0 Å². The first-order valence-corrected chi connectivity index (χ1v) is 6.12. The Morgan fingerprint density at radius 3 is 2.53 bits per heavy atom. The van der Waals surface area contributed by atoms with Gasteiger partial charge in [-0.25, -0.2) is 0 Å². The Morgan fingerprint density at radius 2 is 1.89 bits per heavy atom. The molecule has 0 atom stereocenters. The van der Waals surface area contributed by atoms with Gasteiger partial charge in [0.15, 0.2) is 11.6 Å². The highest BCUT2D eigenvalue weighted by molar-refractivity contribution is 6.39. The molecule has 2 aromatic heterocycles. The maximum Gasteiger partial charge on any atom is 0.180 e. The highest BCUT2D eigenvalue weighted by atomic mass is 35.5. The Hall–Kier alpha value is -1.98. The van der Waals surface area contributed by atoms with Crippen LogP contribution in [-0.4, -0.2) is 15.4 Å². The first-order chi connectivity index (χ1) is 9.18. The first kappa shape index (κ1) is 12.1. The van der Waals surface area contributed by atoms with E-state index in [2.05, 4.69) is 15.4 Å². The topological polar surface area (TPSA) is 80.7 Å². The normalized spacial score (nSPS) is 10.8. The summed E-state index contributed by atoms with van der Waals surface area (Å²) in [5, 5.41) is 11.3. The lowest BCUT2D eigenvalue weighted by molar-refractivity contribution is 0.436. The monoisotopic (exact) mass is 294 g/mol. The number of H-pyrrole nitrogens is 1. The summed E-state index contributed by atoms with van der Waals surface area (Å²) < 4.78 is 5.25. The summed E-state index contributed by atoms with van der Waals surface area (Å²) in [6, 6.07) is 5.22. The molecule has 0 bridgehead atoms. The molecule has 2 heterocycles. The van der Waals surface area contributed by atoms with E-state index in [-0.39, 0.29) is 5.82 Å². The van der Waals surface area contributed by atoms with Crippen molar-refractivity contribution in [1.29, 1.82) is 0 Å². The van der Waals surface area contributed by atoms with Crippen LogP contribution in [0.2, 0.25) is 10.0 Å². The van der Waals surface area contributed by atoms with Crippen molar-refractivity contribution in [2.75, 3.05) is 5.73 Å². The van der Waals surface area contributed by atoms with Crippen molar-refractivity contribution in [2.45, 2.75) is 0 Å². The molecule has 0 spiro atoms. The number of aromatic amines is 1. The number of nitrogens with one attached hydrogen (secondary N) is 1. The van der Waals surface area contributed by atoms with Crippen LogP contribution in [0.5, 0.6) is 0 Å². The zero-order valence-electron chi connectivity index (χ0n) is 9.52. The summed E-state index contributed by atoms with van der Waals surface area (Å²) in [6.07, 6.45) is 3.28. The SMILES string of the molecule is Nc1noc(-c2cn[nH]c2)c1-c1c(Cl)cccc1Cl. The molecule has 19 heavy (non-hydrogen) atoms. The van der Waals surface area contributed by atoms with Gasteiger partial charge in [0.05, 0.1) is 27.4 Å². The number of nitrogens with zero attached hydrogens (tertiary/aromatic N) is 2. The van der Waals surface area contributed by atoms with Crippen LogP contribution in [0.1, 0.15) is 0 Å². The lowest BCUT2D eigenvalue weighted by Gasteiger charge is -2.06. The average Bonchev–Trinajstić information content (AvgIpc) is 2.99. The fourth-order valence-electron chi connectivity index (χ4n) is 1.85. The van der Waals surface area contributed by atoms with Gasteiger partial charge in [-0.2, -0.15) is 5.10 Å². The maximum absolute atomic E-state index is 6.19. The highest BCUT2D eigenvalue weighted by Gasteiger charge is 2.22. The van der Waals surface area contributed by atoms with Gasteiger partial charge < -0.3 is 10.3 Å². The van der Waals surface area contributed by atoms with E-state index in [0.717, 1.165) is 5.56 Å². The Morgan fingerprint density at radius 1 is 1.16 bits per heavy atom. The Balaban J connectivity index is 2.29. The molecule has 0 unspecified atom stereocenters. The van der Waals surface area contributed by atoms with Crippen LogP contribution >= 0.6 is 23.2 Å². The number of anilines is 1. The molecular formula is C12H8Cl2N4O. The van der Waals surface area contributed by atoms with Crippen molar-refractivity contribution < 1.29 is 4.52 Å². The van der Waals surface area contributed by atoms with Gasteiger partial charge in [0, 0.05) is 11.8 Å². The first-order valence-electron chi connectivity index (χ1n) is 5.37. The molecule has 0 amide bonds. The van der Waals surface area contributed by atoms with E-state index in [1.807, 2.05) is 0 Å². The van der Waals surface area contributed by atoms with Crippen molar-refractivity contribution in [3.63, 3.8) is 0 Å². The zero-order chi connectivity index (χ0) is 13.4. The zero-order valence-corrected chi connectivity index (χ0v) is 11.0. The van der Waals surface area contributed by atoms with Gasteiger partial charge >= 0.3 is 0 Å². The third-order valence-electron chi connectivity index (χ3n) is 2.69. The number of nitrogens with two attached hydrogens (primary N) is 1. The smallest absolute Gasteiger partial charge is 0.180 e. The largest absolute Gasteiger partial charge is 0.380 e. The van der Waals surface area contributed by atoms with Crippen molar-refractivity contribution in [3.05, 3.63) is 40.6 Å². The second kappa shape index (κ2) is 4.60. The molecule has 3 N–H and O–H groups in total. The highest BCUT2D eigenvalue weighted by Crippen LogP contribution is 2.43. The van der Waals surface area contributed by atoms with Crippen LogP contribution in [0.4, 0.5) is 5.82 Å². The van der Waals surface area contributed by atoms with E-state index in [1.165, 1.54) is 0 Å². The molecule has 5 nitrogen and oxygen atoms in total. The number of aromatic nitrogens is 3. The molecule has 0 aliphatic rings. The van der Waals surface area contributed by atoms with E-state index in [1.54, 1.807) is 30.6 Å². The molecule has 0 fully saturated rings. The van der Waals surface area contributed by atoms with Crippen LogP contribution in [-0.2, 0) is 0 Å². The minimum atomic E-state index is 0.228. The lowest BCUT2D eigenvalue weighted by atomic mass is 10.0. The predicted octanol–water partition coefficient (Wildman–Crippen LogP) is 3.62. The molecule has 96 valence electrons. The minimum absolute atomic E-state index is 0.228. The van der Waals surface area contributed by atoms with Crippen molar-refractivity contribution in [2.24, 2.45) is 0 Å². The summed E-state index contributed by atoms with van der Waals surface area (Å²) in [7, 11) is 0. The second-order valence-electron chi connectivity index (χ2n) is 3.86. The minimum Gasteiger partial charge on any atom is -0.380 e. The van der Waals surface area contributed by atoms with E-state index >= 15 is 0 Å². The van der Waals surface area contributed by atoms with Crippen molar-refractivity contribution >= 4 is 29.0 Å². The molecule has 0 saturated heterocycles. The number of nitrogen functional groups attached to an aromatic ring is 1. The van der Waals surface area contributed by atoms with E-state index < -0.39 is 0 Å². The summed E-state index contributed by atoms with van der Waals surface area (Å²) in [6.45, 7) is 0. The van der Waals surface area contributed by atoms with Gasteiger partial charge in [0.1, 0.15) is 0 Å². The van der Waals surface area contributed by atoms with Crippen LogP contribution in [0, 0.1) is 0 Å². The quantitative estimate of drug-likeness (QED) is 0.756. The Labute approximate surface area is 118 Å². The Bertz CT molecular complexity index is 701. The molecule has 3 rings (SSSR count). The summed E-state index contributed by atoms with van der Waals surface area (Å²) in [5.74, 6) is 0.701. The van der Waals surface area contributed by atoms with E-state index in [4.69, 9.17) is 33.5 Å². The van der Waals surface area contributed by atoms with Crippen LogP contribution in [0.25, 0.3) is 22.5 Å². The fourth-order valence-corrected chi connectivity index (χ4v) is 2.44. The van der Waals surface area contributed by atoms with Gasteiger partial charge in [-0.15, -0.1) is 0 Å². The van der Waals surface area contributed by atoms with E-state index in [0.29, 0.717) is 26.9 Å². The average molecular weight is 295 g/mol. The van der Waals surface area contributed by atoms with Crippen molar-refractivity contribution in [1.82, 2.24) is 15.4 Å². The standard InChI is InChI=1S/C12H8Cl2N4O/c13-7-2-1-3-8(14)9(7)10-11(19-18-12(10)15)6-4-16-17-5-6/h1-5H,(H2,15,18)(H,16,17).